The molecule has 0 bridgehead atoms. The molecule has 1 N–H and O–H groups in total. The van der Waals surface area contributed by atoms with Crippen molar-refractivity contribution in [3.05, 3.63) is 0 Å². The van der Waals surface area contributed by atoms with Crippen molar-refractivity contribution in [3.8, 4) is 0 Å². The Balaban J connectivity index is 3.19. The van der Waals surface area contributed by atoms with Crippen molar-refractivity contribution < 1.29 is 13.2 Å². The Bertz CT molecular complexity index is 227. The highest BCUT2D eigenvalue weighted by Crippen LogP contribution is 1.90. The Labute approximate surface area is 93.3 Å². The molecule has 0 atom stereocenters. The van der Waals surface area contributed by atoms with Gasteiger partial charge in [0.2, 0.25) is 0 Å². The molecule has 0 saturated carbocycles. The van der Waals surface area contributed by atoms with Crippen molar-refractivity contribution in [1.29, 1.82) is 0 Å². The van der Waals surface area contributed by atoms with Crippen LogP contribution in [0.25, 0.3) is 0 Å². The predicted octanol–water partition coefficient (Wildman–Crippen LogP) is 0.827. The number of ether oxygens (including phenoxy) is 1. The van der Waals surface area contributed by atoms with Gasteiger partial charge in [0.05, 0.1) is 5.75 Å². The van der Waals surface area contributed by atoms with E-state index in [2.05, 4.69) is 5.32 Å². The maximum Gasteiger partial charge on any atom is 0.151 e. The molecule has 0 unspecified atom stereocenters. The van der Waals surface area contributed by atoms with Crippen LogP contribution in [0, 0.1) is 0 Å². The van der Waals surface area contributed by atoms with Gasteiger partial charge < -0.3 is 10.1 Å². The first-order valence-corrected chi connectivity index (χ1v) is 7.43. The molecule has 0 aromatic rings. The van der Waals surface area contributed by atoms with E-state index in [0.717, 1.165) is 32.6 Å². The zero-order valence-corrected chi connectivity index (χ0v) is 10.6. The van der Waals surface area contributed by atoms with E-state index in [9.17, 15) is 8.42 Å². The smallest absolute Gasteiger partial charge is 0.151 e. The highest BCUT2D eigenvalue weighted by Gasteiger charge is 2.05. The Morgan fingerprint density at radius 2 is 1.87 bits per heavy atom. The molecule has 4 nitrogen and oxygen atoms in total. The molecule has 0 radical (unpaired) electrons. The van der Waals surface area contributed by atoms with Gasteiger partial charge in [-0.3, -0.25) is 0 Å². The van der Waals surface area contributed by atoms with Crippen LogP contribution in [0.1, 0.15) is 26.7 Å². The lowest BCUT2D eigenvalue weighted by Crippen LogP contribution is -2.24. The maximum absolute atomic E-state index is 11.1. The second kappa shape index (κ2) is 9.12. The van der Waals surface area contributed by atoms with Crippen molar-refractivity contribution >= 4 is 9.84 Å². The molecule has 0 amide bonds. The fourth-order valence-electron chi connectivity index (χ4n) is 1.10. The van der Waals surface area contributed by atoms with E-state index in [1.54, 1.807) is 6.92 Å². The summed E-state index contributed by atoms with van der Waals surface area (Å²) in [6.45, 7) is 6.65. The molecule has 0 spiro atoms. The summed E-state index contributed by atoms with van der Waals surface area (Å²) in [5.74, 6) is 0.480. The van der Waals surface area contributed by atoms with Crippen molar-refractivity contribution in [2.75, 3.05) is 37.8 Å². The predicted molar refractivity (Wildman–Crippen MR) is 62.9 cm³/mol. The topological polar surface area (TPSA) is 55.4 Å². The average molecular weight is 237 g/mol. The number of sulfone groups is 1. The van der Waals surface area contributed by atoms with E-state index >= 15 is 0 Å². The first kappa shape index (κ1) is 14.9. The standard InChI is InChI=1S/C10H23NO3S/c1-3-14-9-6-5-7-11-8-10-15(12,13)4-2/h11H,3-10H2,1-2H3. The van der Waals surface area contributed by atoms with Crippen LogP contribution in [0.15, 0.2) is 0 Å². The number of nitrogens with one attached hydrogen (secondary N) is 1. The summed E-state index contributed by atoms with van der Waals surface area (Å²) in [6, 6.07) is 0. The molecule has 0 heterocycles. The molecular weight excluding hydrogens is 214 g/mol. The number of unbranched alkanes of at least 4 members (excludes halogenated alkanes) is 1. The van der Waals surface area contributed by atoms with Crippen LogP contribution in [0.5, 0.6) is 0 Å². The van der Waals surface area contributed by atoms with Gasteiger partial charge in [-0.1, -0.05) is 6.92 Å². The lowest BCUT2D eigenvalue weighted by Gasteiger charge is -2.04. The van der Waals surface area contributed by atoms with E-state index < -0.39 is 9.84 Å². The molecule has 0 aliphatic heterocycles. The fourth-order valence-corrected chi connectivity index (χ4v) is 1.84. The van der Waals surface area contributed by atoms with Crippen LogP contribution in [-0.2, 0) is 14.6 Å². The number of hydrogen-bond acceptors (Lipinski definition) is 4. The summed E-state index contributed by atoms with van der Waals surface area (Å²) in [4.78, 5) is 0. The zero-order valence-electron chi connectivity index (χ0n) is 9.79. The van der Waals surface area contributed by atoms with Gasteiger partial charge in [0.15, 0.2) is 9.84 Å². The van der Waals surface area contributed by atoms with Crippen LogP contribution >= 0.6 is 0 Å². The van der Waals surface area contributed by atoms with Gasteiger partial charge in [0.25, 0.3) is 0 Å². The van der Waals surface area contributed by atoms with Crippen LogP contribution < -0.4 is 5.32 Å². The minimum atomic E-state index is -2.81. The second-order valence-electron chi connectivity index (χ2n) is 3.39. The van der Waals surface area contributed by atoms with Gasteiger partial charge in [0.1, 0.15) is 0 Å². The summed E-state index contributed by atoms with van der Waals surface area (Å²) in [5, 5.41) is 3.12. The van der Waals surface area contributed by atoms with Gasteiger partial charge in [-0.05, 0) is 26.3 Å². The van der Waals surface area contributed by atoms with Crippen molar-refractivity contribution in [2.24, 2.45) is 0 Å². The first-order chi connectivity index (χ1) is 7.12. The summed E-state index contributed by atoms with van der Waals surface area (Å²) < 4.78 is 27.4. The molecular formula is C10H23NO3S. The molecule has 0 rings (SSSR count). The van der Waals surface area contributed by atoms with Gasteiger partial charge in [-0.2, -0.15) is 0 Å². The van der Waals surface area contributed by atoms with E-state index in [-0.39, 0.29) is 11.5 Å². The molecule has 0 aliphatic carbocycles. The first-order valence-electron chi connectivity index (χ1n) is 5.61. The van der Waals surface area contributed by atoms with Gasteiger partial charge in [-0.15, -0.1) is 0 Å². The largest absolute Gasteiger partial charge is 0.382 e. The molecule has 0 aliphatic rings. The average Bonchev–Trinajstić information content (AvgIpc) is 2.22. The minimum absolute atomic E-state index is 0.235. The maximum atomic E-state index is 11.1. The Kier molecular flexibility index (Phi) is 9.04. The highest BCUT2D eigenvalue weighted by atomic mass is 32.2. The normalized spacial score (nSPS) is 11.9. The Hall–Kier alpha value is -0.130. The third-order valence-electron chi connectivity index (χ3n) is 2.13. The monoisotopic (exact) mass is 237 g/mol. The Morgan fingerprint density at radius 1 is 1.13 bits per heavy atom. The van der Waals surface area contributed by atoms with Gasteiger partial charge in [-0.25, -0.2) is 8.42 Å². The SMILES string of the molecule is CCOCCCCNCCS(=O)(=O)CC. The van der Waals surface area contributed by atoms with E-state index in [4.69, 9.17) is 4.74 Å². The molecule has 5 heteroatoms. The molecule has 15 heavy (non-hydrogen) atoms. The molecule has 0 saturated heterocycles. The lowest BCUT2D eigenvalue weighted by molar-refractivity contribution is 0.143. The van der Waals surface area contributed by atoms with Gasteiger partial charge >= 0.3 is 0 Å². The van der Waals surface area contributed by atoms with E-state index in [1.165, 1.54) is 0 Å². The third-order valence-corrected chi connectivity index (χ3v) is 3.83. The van der Waals surface area contributed by atoms with Gasteiger partial charge in [0, 0.05) is 25.5 Å². The fraction of sp³-hybridized carbons (Fsp3) is 1.00. The number of hydrogen-bond donors (Lipinski definition) is 1. The van der Waals surface area contributed by atoms with Crippen LogP contribution in [0.3, 0.4) is 0 Å². The van der Waals surface area contributed by atoms with Crippen molar-refractivity contribution in [1.82, 2.24) is 5.32 Å². The summed E-state index contributed by atoms with van der Waals surface area (Å²) in [6.07, 6.45) is 2.06. The molecule has 0 aromatic carbocycles. The third kappa shape index (κ3) is 10.2. The summed E-state index contributed by atoms with van der Waals surface area (Å²) in [5.41, 5.74) is 0. The van der Waals surface area contributed by atoms with Crippen molar-refractivity contribution in [3.63, 3.8) is 0 Å². The highest BCUT2D eigenvalue weighted by molar-refractivity contribution is 7.91. The summed E-state index contributed by atoms with van der Waals surface area (Å²) >= 11 is 0. The zero-order chi connectivity index (χ0) is 11.6. The molecule has 0 fully saturated rings. The Morgan fingerprint density at radius 3 is 2.47 bits per heavy atom. The van der Waals surface area contributed by atoms with Crippen LogP contribution in [-0.4, -0.2) is 46.2 Å². The van der Waals surface area contributed by atoms with E-state index in [0.29, 0.717) is 6.54 Å². The molecule has 92 valence electrons. The molecule has 0 aromatic heterocycles. The minimum Gasteiger partial charge on any atom is -0.382 e. The quantitative estimate of drug-likeness (QED) is 0.572. The van der Waals surface area contributed by atoms with Crippen molar-refractivity contribution in [2.45, 2.75) is 26.7 Å². The second-order valence-corrected chi connectivity index (χ2v) is 5.86. The number of rotatable bonds is 10. The van der Waals surface area contributed by atoms with E-state index in [1.807, 2.05) is 6.92 Å². The van der Waals surface area contributed by atoms with Crippen LogP contribution in [0.2, 0.25) is 0 Å². The van der Waals surface area contributed by atoms with Crippen LogP contribution in [0.4, 0.5) is 0 Å². The lowest BCUT2D eigenvalue weighted by atomic mass is 10.3. The summed E-state index contributed by atoms with van der Waals surface area (Å²) in [7, 11) is -2.81.